The van der Waals surface area contributed by atoms with Crippen LogP contribution in [0.15, 0.2) is 28.7 Å². The SMILES string of the molecule is Cc1cc(C)c(C)c(C(=O)CC2(O)C(=O)N(C)c3ccc(Br)cc32)c1C. The minimum absolute atomic E-state index is 0.219. The van der Waals surface area contributed by atoms with Crippen molar-refractivity contribution in [3.63, 3.8) is 0 Å². The number of nitrogens with zero attached hydrogens (tertiary/aromatic N) is 1. The minimum atomic E-state index is -1.85. The molecule has 1 aliphatic rings. The van der Waals surface area contributed by atoms with Gasteiger partial charge in [0.05, 0.1) is 12.1 Å². The lowest BCUT2D eigenvalue weighted by atomic mass is 9.84. The Labute approximate surface area is 162 Å². The van der Waals surface area contributed by atoms with Crippen LogP contribution in [0.5, 0.6) is 0 Å². The number of carbonyl (C=O) groups is 2. The summed E-state index contributed by atoms with van der Waals surface area (Å²) in [5.41, 5.74) is 3.71. The molecule has 2 aromatic carbocycles. The first-order valence-corrected chi connectivity index (χ1v) is 9.28. The molecule has 0 saturated carbocycles. The van der Waals surface area contributed by atoms with E-state index in [1.54, 1.807) is 19.2 Å². The topological polar surface area (TPSA) is 57.6 Å². The average molecular weight is 416 g/mol. The number of ketones is 1. The summed E-state index contributed by atoms with van der Waals surface area (Å²) in [6.07, 6.45) is -0.274. The van der Waals surface area contributed by atoms with Crippen LogP contribution in [0.25, 0.3) is 0 Å². The van der Waals surface area contributed by atoms with E-state index in [9.17, 15) is 14.7 Å². The standard InChI is InChI=1S/C21H22BrNO3/c1-11-8-12(2)14(4)19(13(11)3)18(24)10-21(26)16-9-15(22)6-7-17(16)23(5)20(21)25/h6-9,26H,10H2,1-5H3. The fourth-order valence-electron chi connectivity index (χ4n) is 3.76. The lowest BCUT2D eigenvalue weighted by molar-refractivity contribution is -0.135. The Morgan fingerprint density at radius 3 is 2.27 bits per heavy atom. The predicted molar refractivity (Wildman–Crippen MR) is 106 cm³/mol. The van der Waals surface area contributed by atoms with Gasteiger partial charge in [-0.1, -0.05) is 22.0 Å². The average Bonchev–Trinajstić information content (AvgIpc) is 2.75. The smallest absolute Gasteiger partial charge is 0.263 e. The van der Waals surface area contributed by atoms with E-state index in [4.69, 9.17) is 0 Å². The monoisotopic (exact) mass is 415 g/mol. The van der Waals surface area contributed by atoms with Gasteiger partial charge in [0.1, 0.15) is 0 Å². The van der Waals surface area contributed by atoms with E-state index < -0.39 is 11.5 Å². The van der Waals surface area contributed by atoms with Crippen LogP contribution >= 0.6 is 15.9 Å². The largest absolute Gasteiger partial charge is 0.375 e. The number of aryl methyl sites for hydroxylation is 2. The molecule has 4 nitrogen and oxygen atoms in total. The van der Waals surface area contributed by atoms with Crippen molar-refractivity contribution in [2.24, 2.45) is 0 Å². The quantitative estimate of drug-likeness (QED) is 0.766. The van der Waals surface area contributed by atoms with E-state index in [0.717, 1.165) is 26.7 Å². The zero-order valence-electron chi connectivity index (χ0n) is 15.6. The van der Waals surface area contributed by atoms with Crippen molar-refractivity contribution in [3.05, 3.63) is 62.1 Å². The van der Waals surface area contributed by atoms with Gasteiger partial charge in [-0.2, -0.15) is 0 Å². The first-order valence-electron chi connectivity index (χ1n) is 8.49. The highest BCUT2D eigenvalue weighted by atomic mass is 79.9. The summed E-state index contributed by atoms with van der Waals surface area (Å²) in [6, 6.07) is 7.35. The maximum absolute atomic E-state index is 13.2. The summed E-state index contributed by atoms with van der Waals surface area (Å²) >= 11 is 3.38. The van der Waals surface area contributed by atoms with Gasteiger partial charge < -0.3 is 10.0 Å². The third-order valence-corrected chi connectivity index (χ3v) is 5.98. The summed E-state index contributed by atoms with van der Waals surface area (Å²) in [5.74, 6) is -0.692. The number of likely N-dealkylation sites (N-methyl/N-ethyl adjacent to an activating group) is 1. The molecule has 0 bridgehead atoms. The van der Waals surface area contributed by atoms with Crippen LogP contribution in [0.4, 0.5) is 5.69 Å². The van der Waals surface area contributed by atoms with Gasteiger partial charge in [0.15, 0.2) is 11.4 Å². The van der Waals surface area contributed by atoms with Crippen molar-refractivity contribution in [2.45, 2.75) is 39.7 Å². The molecule has 3 rings (SSSR count). The molecule has 0 radical (unpaired) electrons. The van der Waals surface area contributed by atoms with E-state index >= 15 is 0 Å². The van der Waals surface area contributed by atoms with E-state index in [2.05, 4.69) is 22.0 Å². The van der Waals surface area contributed by atoms with Crippen LogP contribution in [0.3, 0.4) is 0 Å². The van der Waals surface area contributed by atoms with Gasteiger partial charge in [0, 0.05) is 22.6 Å². The molecule has 1 aliphatic heterocycles. The molecular formula is C21H22BrNO3. The second-order valence-corrected chi connectivity index (χ2v) is 8.04. The van der Waals surface area contributed by atoms with Gasteiger partial charge >= 0.3 is 0 Å². The minimum Gasteiger partial charge on any atom is -0.375 e. The molecule has 1 atom stereocenters. The second-order valence-electron chi connectivity index (χ2n) is 7.12. The number of amides is 1. The molecule has 1 unspecified atom stereocenters. The van der Waals surface area contributed by atoms with Gasteiger partial charge in [0.2, 0.25) is 0 Å². The molecule has 5 heteroatoms. The van der Waals surface area contributed by atoms with Crippen molar-refractivity contribution in [2.75, 3.05) is 11.9 Å². The zero-order valence-corrected chi connectivity index (χ0v) is 17.2. The van der Waals surface area contributed by atoms with Crippen LogP contribution in [0, 0.1) is 27.7 Å². The van der Waals surface area contributed by atoms with Crippen LogP contribution in [-0.2, 0) is 10.4 Å². The Balaban J connectivity index is 2.09. The summed E-state index contributed by atoms with van der Waals surface area (Å²) in [7, 11) is 1.62. The highest BCUT2D eigenvalue weighted by Crippen LogP contribution is 2.43. The lowest BCUT2D eigenvalue weighted by Gasteiger charge is -2.23. The third kappa shape index (κ3) is 2.70. The first-order chi connectivity index (χ1) is 12.1. The number of benzene rings is 2. The van der Waals surface area contributed by atoms with Crippen LogP contribution in [0.2, 0.25) is 0 Å². The number of aliphatic hydroxyl groups is 1. The fraction of sp³-hybridized carbons (Fsp3) is 0.333. The lowest BCUT2D eigenvalue weighted by Crippen LogP contribution is -2.40. The number of hydrogen-bond acceptors (Lipinski definition) is 3. The van der Waals surface area contributed by atoms with Gasteiger partial charge in [0.25, 0.3) is 5.91 Å². The number of rotatable bonds is 3. The maximum Gasteiger partial charge on any atom is 0.263 e. The molecule has 2 aromatic rings. The number of Topliss-reactive ketones (excluding diaryl/α,β-unsaturated/α-hetero) is 1. The zero-order chi connectivity index (χ0) is 19.4. The summed E-state index contributed by atoms with van der Waals surface area (Å²) in [4.78, 5) is 27.3. The van der Waals surface area contributed by atoms with Crippen molar-refractivity contribution >= 4 is 33.3 Å². The number of halogens is 1. The van der Waals surface area contributed by atoms with Crippen LogP contribution < -0.4 is 4.90 Å². The molecule has 0 saturated heterocycles. The van der Waals surface area contributed by atoms with Crippen molar-refractivity contribution in [1.29, 1.82) is 0 Å². The third-order valence-electron chi connectivity index (χ3n) is 5.49. The summed E-state index contributed by atoms with van der Waals surface area (Å²) in [5, 5.41) is 11.2. The number of hydrogen-bond donors (Lipinski definition) is 1. The first kappa shape index (κ1) is 18.8. The second kappa shape index (κ2) is 6.32. The van der Waals surface area contributed by atoms with E-state index in [1.807, 2.05) is 33.8 Å². The molecule has 1 N–H and O–H groups in total. The number of anilines is 1. The predicted octanol–water partition coefficient (Wildman–Crippen LogP) is 4.12. The molecule has 1 heterocycles. The fourth-order valence-corrected chi connectivity index (χ4v) is 4.12. The van der Waals surface area contributed by atoms with Gasteiger partial charge in [-0.15, -0.1) is 0 Å². The number of fused-ring (bicyclic) bond motifs is 1. The highest BCUT2D eigenvalue weighted by Gasteiger charge is 2.50. The molecule has 0 spiro atoms. The molecule has 26 heavy (non-hydrogen) atoms. The number of carbonyl (C=O) groups excluding carboxylic acids is 2. The summed E-state index contributed by atoms with van der Waals surface area (Å²) in [6.45, 7) is 7.75. The van der Waals surface area contributed by atoms with Crippen molar-refractivity contribution < 1.29 is 14.7 Å². The molecule has 1 amide bonds. The Hall–Kier alpha value is -1.98. The van der Waals surface area contributed by atoms with Crippen molar-refractivity contribution in [3.8, 4) is 0 Å². The van der Waals surface area contributed by atoms with E-state index in [1.165, 1.54) is 4.90 Å². The Kier molecular flexibility index (Phi) is 4.57. The highest BCUT2D eigenvalue weighted by molar-refractivity contribution is 9.10. The molecule has 0 fully saturated rings. The normalized spacial score (nSPS) is 19.0. The molecular weight excluding hydrogens is 394 g/mol. The Bertz CT molecular complexity index is 925. The van der Waals surface area contributed by atoms with Crippen LogP contribution in [-0.4, -0.2) is 23.8 Å². The summed E-state index contributed by atoms with van der Waals surface area (Å²) < 4.78 is 0.754. The van der Waals surface area contributed by atoms with Gasteiger partial charge in [-0.3, -0.25) is 9.59 Å². The van der Waals surface area contributed by atoms with E-state index in [-0.39, 0.29) is 12.2 Å². The van der Waals surface area contributed by atoms with Gasteiger partial charge in [-0.25, -0.2) is 0 Å². The van der Waals surface area contributed by atoms with Crippen LogP contribution in [0.1, 0.15) is 44.6 Å². The molecule has 0 aromatic heterocycles. The Morgan fingerprint density at radius 2 is 1.69 bits per heavy atom. The maximum atomic E-state index is 13.2. The molecule has 136 valence electrons. The molecule has 0 aliphatic carbocycles. The van der Waals surface area contributed by atoms with E-state index in [0.29, 0.717) is 16.8 Å². The Morgan fingerprint density at radius 1 is 1.12 bits per heavy atom. The van der Waals surface area contributed by atoms with Gasteiger partial charge in [-0.05, 0) is 68.1 Å². The van der Waals surface area contributed by atoms with Crippen molar-refractivity contribution in [1.82, 2.24) is 0 Å².